The van der Waals surface area contributed by atoms with Gasteiger partial charge in [0, 0.05) is 12.6 Å². The van der Waals surface area contributed by atoms with Crippen molar-refractivity contribution in [1.29, 1.82) is 0 Å². The van der Waals surface area contributed by atoms with Gasteiger partial charge in [-0.25, -0.2) is 14.2 Å². The lowest BCUT2D eigenvalue weighted by Crippen LogP contribution is -2.23. The van der Waals surface area contributed by atoms with Gasteiger partial charge in [-0.2, -0.15) is 0 Å². The van der Waals surface area contributed by atoms with Crippen LogP contribution in [0.25, 0.3) is 6.08 Å². The lowest BCUT2D eigenvalue weighted by molar-refractivity contribution is -0.121. The second-order valence-electron chi connectivity index (χ2n) is 8.05. The van der Waals surface area contributed by atoms with E-state index in [9.17, 15) is 14.0 Å². The standard InChI is InChI=1S/C28H24ClFN2O5S/c1-4-36-23-14-17(13-21(29)25(23)37-16-19-7-5-6-8-22(19)30)15-24-26(33)32(2)28(38-24)31-20-11-9-18(10-12-20)27(34)35-3/h5-15H,4,16H2,1-3H3. The first-order valence-electron chi connectivity index (χ1n) is 11.6. The Balaban J connectivity index is 1.57. The van der Waals surface area contributed by atoms with Crippen molar-refractivity contribution in [3.05, 3.63) is 93.1 Å². The summed E-state index contributed by atoms with van der Waals surface area (Å²) < 4.78 is 30.3. The molecule has 10 heteroatoms. The van der Waals surface area contributed by atoms with Crippen molar-refractivity contribution in [2.24, 2.45) is 4.99 Å². The van der Waals surface area contributed by atoms with E-state index in [-0.39, 0.29) is 23.4 Å². The van der Waals surface area contributed by atoms with Crippen LogP contribution in [0.4, 0.5) is 10.1 Å². The SMILES string of the molecule is CCOc1cc(C=C2SC(=Nc3ccc(C(=O)OC)cc3)N(C)C2=O)cc(Cl)c1OCc1ccccc1F. The number of amidine groups is 1. The first kappa shape index (κ1) is 27.2. The van der Waals surface area contributed by atoms with E-state index in [1.165, 1.54) is 29.8 Å². The molecule has 3 aromatic carbocycles. The molecule has 0 aliphatic carbocycles. The molecular weight excluding hydrogens is 531 g/mol. The molecule has 0 radical (unpaired) electrons. The summed E-state index contributed by atoms with van der Waals surface area (Å²) in [5.41, 5.74) is 2.01. The maximum atomic E-state index is 14.0. The predicted molar refractivity (Wildman–Crippen MR) is 147 cm³/mol. The van der Waals surface area contributed by atoms with Crippen LogP contribution in [0.2, 0.25) is 5.02 Å². The molecule has 7 nitrogen and oxygen atoms in total. The van der Waals surface area contributed by atoms with Gasteiger partial charge in [0.2, 0.25) is 0 Å². The van der Waals surface area contributed by atoms with Crippen LogP contribution in [-0.4, -0.2) is 42.7 Å². The van der Waals surface area contributed by atoms with Crippen LogP contribution in [0, 0.1) is 5.82 Å². The number of hydrogen-bond acceptors (Lipinski definition) is 7. The van der Waals surface area contributed by atoms with Gasteiger partial charge >= 0.3 is 5.97 Å². The monoisotopic (exact) mass is 554 g/mol. The quantitative estimate of drug-likeness (QED) is 0.234. The number of carbonyl (C=O) groups is 2. The van der Waals surface area contributed by atoms with Crippen LogP contribution in [0.1, 0.15) is 28.4 Å². The van der Waals surface area contributed by atoms with Crippen molar-refractivity contribution < 1.29 is 28.2 Å². The van der Waals surface area contributed by atoms with Crippen molar-refractivity contribution in [2.45, 2.75) is 13.5 Å². The van der Waals surface area contributed by atoms with E-state index in [1.807, 2.05) is 6.92 Å². The molecule has 1 fully saturated rings. The fourth-order valence-electron chi connectivity index (χ4n) is 3.54. The van der Waals surface area contributed by atoms with Crippen LogP contribution in [0.3, 0.4) is 0 Å². The lowest BCUT2D eigenvalue weighted by atomic mass is 10.1. The molecule has 0 aromatic heterocycles. The second kappa shape index (κ2) is 12.1. The van der Waals surface area contributed by atoms with E-state index in [1.54, 1.807) is 67.7 Å². The highest BCUT2D eigenvalue weighted by Gasteiger charge is 2.30. The van der Waals surface area contributed by atoms with Crippen molar-refractivity contribution in [1.82, 2.24) is 4.90 Å². The summed E-state index contributed by atoms with van der Waals surface area (Å²) in [5.74, 6) is -0.369. The zero-order chi connectivity index (χ0) is 27.2. The van der Waals surface area contributed by atoms with Gasteiger partial charge in [-0.15, -0.1) is 0 Å². The minimum Gasteiger partial charge on any atom is -0.490 e. The first-order valence-corrected chi connectivity index (χ1v) is 12.8. The van der Waals surface area contributed by atoms with Crippen molar-refractivity contribution in [2.75, 3.05) is 20.8 Å². The summed E-state index contributed by atoms with van der Waals surface area (Å²) >= 11 is 7.73. The number of nitrogens with zero attached hydrogens (tertiary/aromatic N) is 2. The number of thioether (sulfide) groups is 1. The molecule has 1 saturated heterocycles. The average molecular weight is 555 g/mol. The Labute approximate surface area is 228 Å². The summed E-state index contributed by atoms with van der Waals surface area (Å²) in [6, 6.07) is 16.3. The number of hydrogen-bond donors (Lipinski definition) is 0. The molecule has 4 rings (SSSR count). The highest BCUT2D eigenvalue weighted by molar-refractivity contribution is 8.18. The number of carbonyl (C=O) groups excluding carboxylic acids is 2. The third-order valence-corrected chi connectivity index (χ3v) is 6.82. The maximum absolute atomic E-state index is 14.0. The number of amides is 1. The van der Waals surface area contributed by atoms with Gasteiger partial charge in [0.25, 0.3) is 5.91 Å². The van der Waals surface area contributed by atoms with Gasteiger partial charge in [-0.3, -0.25) is 9.69 Å². The summed E-state index contributed by atoms with van der Waals surface area (Å²) in [6.07, 6.45) is 1.70. The normalized spacial score (nSPS) is 15.3. The topological polar surface area (TPSA) is 77.4 Å². The van der Waals surface area contributed by atoms with Crippen LogP contribution in [0.5, 0.6) is 11.5 Å². The Hall–Kier alpha value is -3.82. The second-order valence-corrected chi connectivity index (χ2v) is 9.47. The van der Waals surface area contributed by atoms with E-state index >= 15 is 0 Å². The number of benzene rings is 3. The van der Waals surface area contributed by atoms with E-state index in [2.05, 4.69) is 4.99 Å². The Bertz CT molecular complexity index is 1430. The Kier molecular flexibility index (Phi) is 8.70. The molecule has 1 amide bonds. The van der Waals surface area contributed by atoms with E-state index < -0.39 is 5.97 Å². The minimum atomic E-state index is -0.439. The number of rotatable bonds is 8. The van der Waals surface area contributed by atoms with Gasteiger partial charge < -0.3 is 14.2 Å². The number of ether oxygens (including phenoxy) is 3. The van der Waals surface area contributed by atoms with Gasteiger partial charge in [0.15, 0.2) is 16.7 Å². The zero-order valence-electron chi connectivity index (χ0n) is 20.9. The van der Waals surface area contributed by atoms with Crippen molar-refractivity contribution >= 4 is 52.2 Å². The highest BCUT2D eigenvalue weighted by Crippen LogP contribution is 2.40. The third kappa shape index (κ3) is 6.17. The largest absolute Gasteiger partial charge is 0.490 e. The summed E-state index contributed by atoms with van der Waals surface area (Å²) in [4.78, 5) is 31.0. The van der Waals surface area contributed by atoms with E-state index in [0.29, 0.717) is 50.6 Å². The molecule has 0 bridgehead atoms. The van der Waals surface area contributed by atoms with E-state index in [0.717, 1.165) is 0 Å². The lowest BCUT2D eigenvalue weighted by Gasteiger charge is -2.15. The zero-order valence-corrected chi connectivity index (χ0v) is 22.4. The molecule has 1 heterocycles. The van der Waals surface area contributed by atoms with Gasteiger partial charge in [-0.05, 0) is 72.8 Å². The maximum Gasteiger partial charge on any atom is 0.337 e. The number of halogens is 2. The first-order chi connectivity index (χ1) is 18.3. The molecule has 3 aromatic rings. The Morgan fingerprint density at radius 2 is 1.87 bits per heavy atom. The average Bonchev–Trinajstić information content (AvgIpc) is 3.16. The Morgan fingerprint density at radius 3 is 2.55 bits per heavy atom. The Morgan fingerprint density at radius 1 is 1.13 bits per heavy atom. The van der Waals surface area contributed by atoms with Gasteiger partial charge in [-0.1, -0.05) is 29.8 Å². The number of methoxy groups -OCH3 is 1. The van der Waals surface area contributed by atoms with Crippen molar-refractivity contribution in [3.63, 3.8) is 0 Å². The van der Waals surface area contributed by atoms with Crippen LogP contribution < -0.4 is 9.47 Å². The predicted octanol–water partition coefficient (Wildman–Crippen LogP) is 6.48. The number of aliphatic imine (C=N–C) groups is 1. The van der Waals surface area contributed by atoms with Crippen LogP contribution in [0.15, 0.2) is 70.6 Å². The summed E-state index contributed by atoms with van der Waals surface area (Å²) in [6.45, 7) is 2.16. The van der Waals surface area contributed by atoms with Crippen LogP contribution >= 0.6 is 23.4 Å². The number of likely N-dealkylation sites (N-methyl/N-ethyl adjacent to an activating group) is 1. The molecule has 1 aliphatic rings. The molecule has 0 spiro atoms. The van der Waals surface area contributed by atoms with E-state index in [4.69, 9.17) is 25.8 Å². The minimum absolute atomic E-state index is 0.0214. The summed E-state index contributed by atoms with van der Waals surface area (Å²) in [5, 5.41) is 0.746. The molecule has 1 aliphatic heterocycles. The van der Waals surface area contributed by atoms with Crippen molar-refractivity contribution in [3.8, 4) is 11.5 Å². The fraction of sp³-hybridized carbons (Fsp3) is 0.179. The molecule has 0 atom stereocenters. The van der Waals surface area contributed by atoms with Gasteiger partial charge in [0.1, 0.15) is 12.4 Å². The smallest absolute Gasteiger partial charge is 0.337 e. The molecule has 0 saturated carbocycles. The molecular formula is C28H24ClFN2O5S. The van der Waals surface area contributed by atoms with Crippen LogP contribution in [-0.2, 0) is 16.1 Å². The molecule has 196 valence electrons. The molecule has 0 unspecified atom stereocenters. The third-order valence-electron chi connectivity index (χ3n) is 5.48. The van der Waals surface area contributed by atoms with Gasteiger partial charge in [0.05, 0.1) is 34.9 Å². The summed E-state index contributed by atoms with van der Waals surface area (Å²) in [7, 11) is 2.95. The molecule has 0 N–H and O–H groups in total. The molecule has 38 heavy (non-hydrogen) atoms. The fourth-order valence-corrected chi connectivity index (χ4v) is 4.80. The number of esters is 1. The highest BCUT2D eigenvalue weighted by atomic mass is 35.5.